The van der Waals surface area contributed by atoms with E-state index >= 15 is 17.6 Å². The smallest absolute Gasteiger partial charge is 0.409 e. The summed E-state index contributed by atoms with van der Waals surface area (Å²) < 4.78 is 95.5. The van der Waals surface area contributed by atoms with Crippen molar-refractivity contribution in [3.63, 3.8) is 0 Å². The number of rotatable bonds is 17. The fraction of sp³-hybridized carbons (Fsp3) is 0.609. The van der Waals surface area contributed by atoms with E-state index in [-0.39, 0.29) is 95.8 Å². The second-order valence-electron chi connectivity index (χ2n) is 28.5. The van der Waals surface area contributed by atoms with Crippen molar-refractivity contribution in [2.24, 2.45) is 13.0 Å². The van der Waals surface area contributed by atoms with E-state index in [4.69, 9.17) is 33.6 Å². The molecule has 5 atom stereocenters. The number of aromatic nitrogens is 5. The van der Waals surface area contributed by atoms with Gasteiger partial charge in [-0.3, -0.25) is 38.8 Å². The highest BCUT2D eigenvalue weighted by molar-refractivity contribution is 6.78. The number of aryl methyl sites for hydroxylation is 2. The van der Waals surface area contributed by atoms with Gasteiger partial charge in [-0.1, -0.05) is 60.6 Å². The first-order chi connectivity index (χ1) is 44.0. The van der Waals surface area contributed by atoms with Crippen LogP contribution in [0.15, 0.2) is 53.5 Å². The van der Waals surface area contributed by atoms with E-state index in [1.807, 2.05) is 24.0 Å². The number of amides is 3. The van der Waals surface area contributed by atoms with Gasteiger partial charge in [0.1, 0.15) is 47.9 Å². The Labute approximate surface area is 535 Å². The predicted molar refractivity (Wildman–Crippen MR) is 346 cm³/mol. The third kappa shape index (κ3) is 11.4. The van der Waals surface area contributed by atoms with Gasteiger partial charge in [0.2, 0.25) is 11.8 Å². The summed E-state index contributed by atoms with van der Waals surface area (Å²) in [4.78, 5) is 74.7. The first-order valence-corrected chi connectivity index (χ1v) is 35.8. The highest BCUT2D eigenvalue weighted by Gasteiger charge is 2.52. The van der Waals surface area contributed by atoms with Crippen LogP contribution < -0.4 is 25.1 Å². The Balaban J connectivity index is 0.672. The lowest BCUT2D eigenvalue weighted by molar-refractivity contribution is -0.151. The summed E-state index contributed by atoms with van der Waals surface area (Å²) in [6, 6.07) is 11.1. The van der Waals surface area contributed by atoms with E-state index in [9.17, 15) is 19.2 Å². The maximum absolute atomic E-state index is 18.1. The average Bonchev–Trinajstić information content (AvgIpc) is 0.949. The summed E-state index contributed by atoms with van der Waals surface area (Å²) in [6.07, 6.45) is 9.51. The van der Waals surface area contributed by atoms with Crippen molar-refractivity contribution in [3.8, 4) is 23.0 Å². The molecular weight excluding hydrogens is 1200 g/mol. The van der Waals surface area contributed by atoms with E-state index in [0.717, 1.165) is 56.9 Å². The molecule has 7 aliphatic heterocycles. The predicted octanol–water partition coefficient (Wildman–Crippen LogP) is 12.0. The minimum Gasteiger partial charge on any atom is -0.543 e. The zero-order valence-electron chi connectivity index (χ0n) is 54.4. The van der Waals surface area contributed by atoms with Crippen molar-refractivity contribution in [2.45, 2.75) is 184 Å². The fourth-order valence-electron chi connectivity index (χ4n) is 17.5. The standard InChI is InChI=1S/C69H88F4N10O8Si/c1-9-49-53(70)14-12-46-32-48(91-92(41(2)3,42(4)5)43(6)7)34-50(58(46)49)60-59(71)61-51(35-74-60)62(81-26-11-23-68(38-81)25-31-90-68)77-64(76-61)89-40-67-22-10-27-82(67)47(18-24-67)37-88-66(87)80-29-19-44(20-30-80)36-79-28-21-52(69(72,73)39-79)45-13-15-54-56(33-45)78(8)65(86)83(54)55-16-17-57(84)75-63(55)85/h12-15,32-35,41-44,47,52,55H,9-11,16-31,36-40H2,1-8H3,(H,75,84,85)/t47-,52?,55?,67-,68-/m0/s1. The van der Waals surface area contributed by atoms with Gasteiger partial charge in [-0.2, -0.15) is 9.97 Å². The van der Waals surface area contributed by atoms with Crippen LogP contribution in [0.4, 0.5) is 28.2 Å². The number of benzene rings is 3. The normalized spacial score (nSPS) is 25.1. The zero-order valence-corrected chi connectivity index (χ0v) is 55.4. The number of nitrogens with zero attached hydrogens (tertiary/aromatic N) is 9. The molecule has 0 saturated carbocycles. The molecule has 1 spiro atoms. The lowest BCUT2D eigenvalue weighted by Crippen LogP contribution is -2.56. The molecular formula is C69H88F4N10O8Si. The number of halogens is 4. The summed E-state index contributed by atoms with van der Waals surface area (Å²) in [5, 5.41) is 4.07. The van der Waals surface area contributed by atoms with Crippen molar-refractivity contribution in [2.75, 3.05) is 77.1 Å². The van der Waals surface area contributed by atoms with Crippen molar-refractivity contribution in [1.82, 2.24) is 44.1 Å². The van der Waals surface area contributed by atoms with Crippen LogP contribution in [0.25, 0.3) is 44.0 Å². The highest BCUT2D eigenvalue weighted by atomic mass is 28.4. The summed E-state index contributed by atoms with van der Waals surface area (Å²) in [5.74, 6) is -4.84. The second kappa shape index (κ2) is 24.9. The summed E-state index contributed by atoms with van der Waals surface area (Å²) >= 11 is 0. The number of hydrogen-bond acceptors (Lipinski definition) is 14. The second-order valence-corrected chi connectivity index (χ2v) is 33.8. The Kier molecular flexibility index (Phi) is 17.3. The highest BCUT2D eigenvalue weighted by Crippen LogP contribution is 2.48. The maximum atomic E-state index is 18.1. The number of imide groups is 1. The minimum atomic E-state index is -3.05. The first-order valence-electron chi connectivity index (χ1n) is 33.7. The Morgan fingerprint density at radius 2 is 1.61 bits per heavy atom. The summed E-state index contributed by atoms with van der Waals surface area (Å²) in [7, 11) is -0.937. The first kappa shape index (κ1) is 64.0. The lowest BCUT2D eigenvalue weighted by atomic mass is 9.85. The maximum Gasteiger partial charge on any atom is 0.409 e. The molecule has 7 aliphatic rings. The van der Waals surface area contributed by atoms with Crippen LogP contribution in [0.5, 0.6) is 11.8 Å². The number of nitrogens with one attached hydrogen (secondary N) is 1. The topological polar surface area (TPSA) is 179 Å². The monoisotopic (exact) mass is 1290 g/mol. The van der Waals surface area contributed by atoms with Crippen molar-refractivity contribution in [1.29, 1.82) is 0 Å². The van der Waals surface area contributed by atoms with Crippen LogP contribution in [-0.2, 0) is 32.5 Å². The molecule has 6 aromatic rings. The molecule has 92 heavy (non-hydrogen) atoms. The molecule has 18 nitrogen and oxygen atoms in total. The number of alkyl halides is 2. The number of piperidine rings is 4. The number of imidazole rings is 1. The van der Waals surface area contributed by atoms with E-state index in [0.29, 0.717) is 115 Å². The Bertz CT molecular complexity index is 3880. The van der Waals surface area contributed by atoms with Gasteiger partial charge in [0.25, 0.3) is 14.2 Å². The number of fused-ring (bicyclic) bond motifs is 4. The molecule has 0 aliphatic carbocycles. The number of ether oxygens (including phenoxy) is 3. The van der Waals surface area contributed by atoms with Gasteiger partial charge >= 0.3 is 17.8 Å². The third-order valence-corrected chi connectivity index (χ3v) is 28.2. The van der Waals surface area contributed by atoms with Crippen molar-refractivity contribution in [3.05, 3.63) is 81.9 Å². The van der Waals surface area contributed by atoms with Gasteiger partial charge in [0.05, 0.1) is 46.6 Å². The number of likely N-dealkylation sites (tertiary alicyclic amines) is 2. The molecule has 23 heteroatoms. The van der Waals surface area contributed by atoms with Crippen LogP contribution in [-0.4, -0.2) is 160 Å². The Hall–Kier alpha value is -6.69. The number of carbonyl (C=O) groups excluding carboxylic acids is 3. The van der Waals surface area contributed by atoms with E-state index in [1.165, 1.54) is 15.2 Å². The largest absolute Gasteiger partial charge is 0.543 e. The molecule has 7 saturated heterocycles. The SMILES string of the molecule is CCc1c(F)ccc2cc(O[Si](C(C)C)(C(C)C)C(C)C)cc(-c3ncc4c(N5CCC[C@]6(CCO6)C5)nc(OC[C@@]56CCCN5[C@H](COC(=O)N5CCC(CN7CCC(c8ccc9c(c8)n(C)c(=O)n9C8CCC(=O)NC8=O)C(F)(F)C7)CC5)CC6)nc4c3F)c12. The van der Waals surface area contributed by atoms with E-state index in [2.05, 4.69) is 56.7 Å². The lowest BCUT2D eigenvalue weighted by Gasteiger charge is -2.48. The van der Waals surface area contributed by atoms with E-state index in [1.54, 1.807) is 42.4 Å². The number of anilines is 1. The van der Waals surface area contributed by atoms with Gasteiger partial charge in [-0.15, -0.1) is 0 Å². The average molecular weight is 1290 g/mol. The number of carbonyl (C=O) groups is 3. The molecule has 3 aromatic heterocycles. The van der Waals surface area contributed by atoms with Crippen LogP contribution in [0, 0.1) is 17.6 Å². The number of pyridine rings is 1. The molecule has 10 heterocycles. The Morgan fingerprint density at radius 3 is 2.32 bits per heavy atom. The van der Waals surface area contributed by atoms with Crippen molar-refractivity contribution < 1.29 is 50.6 Å². The molecule has 0 radical (unpaired) electrons. The van der Waals surface area contributed by atoms with Gasteiger partial charge < -0.3 is 28.4 Å². The van der Waals surface area contributed by atoms with Gasteiger partial charge in [-0.25, -0.2) is 27.2 Å². The van der Waals surface area contributed by atoms with Crippen LogP contribution in [0.3, 0.4) is 0 Å². The van der Waals surface area contributed by atoms with E-state index < -0.39 is 61.6 Å². The molecule has 494 valence electrons. The minimum absolute atomic E-state index is 0.0395. The molecule has 1 N–H and O–H groups in total. The van der Waals surface area contributed by atoms with Crippen molar-refractivity contribution >= 4 is 64.8 Å². The van der Waals surface area contributed by atoms with Crippen LogP contribution in [0.2, 0.25) is 16.6 Å². The van der Waals surface area contributed by atoms with Crippen LogP contribution in [0.1, 0.15) is 149 Å². The fourth-order valence-corrected chi connectivity index (χ4v) is 22.7. The third-order valence-electron chi connectivity index (χ3n) is 22.2. The molecule has 7 fully saturated rings. The quantitative estimate of drug-likeness (QED) is 0.0518. The number of hydrogen-bond donors (Lipinski definition) is 1. The zero-order chi connectivity index (χ0) is 64.8. The molecule has 2 unspecified atom stereocenters. The molecule has 3 aromatic carbocycles. The molecule has 3 amide bonds. The van der Waals surface area contributed by atoms with Gasteiger partial charge in [0, 0.05) is 70.4 Å². The Morgan fingerprint density at radius 1 is 0.848 bits per heavy atom. The van der Waals surface area contributed by atoms with Gasteiger partial charge in [0.15, 0.2) is 5.82 Å². The molecule has 0 bridgehead atoms. The van der Waals surface area contributed by atoms with Crippen LogP contribution >= 0.6 is 0 Å². The summed E-state index contributed by atoms with van der Waals surface area (Å²) in [6.45, 7) is 19.9. The summed E-state index contributed by atoms with van der Waals surface area (Å²) in [5.41, 5.74) is 1.99. The van der Waals surface area contributed by atoms with Gasteiger partial charge in [-0.05, 0) is 158 Å². The molecule has 13 rings (SSSR count).